The van der Waals surface area contributed by atoms with Gasteiger partial charge in [0, 0.05) is 5.56 Å². The maximum atomic E-state index is 13.4. The number of benzene rings is 2. The van der Waals surface area contributed by atoms with Crippen LogP contribution in [0.5, 0.6) is 0 Å². The molecule has 0 atom stereocenters. The highest BCUT2D eigenvalue weighted by molar-refractivity contribution is 5.99. The van der Waals surface area contributed by atoms with Crippen LogP contribution in [-0.4, -0.2) is 11.8 Å². The molecular formula is C16H14F2N2O2. The summed E-state index contributed by atoms with van der Waals surface area (Å²) in [7, 11) is 0. The topological polar surface area (TPSA) is 58.2 Å². The molecule has 2 rings (SSSR count). The second kappa shape index (κ2) is 6.80. The maximum Gasteiger partial charge on any atom is 0.272 e. The molecule has 0 radical (unpaired) electrons. The molecule has 4 nitrogen and oxygen atoms in total. The van der Waals surface area contributed by atoms with Gasteiger partial charge in [-0.15, -0.1) is 0 Å². The van der Waals surface area contributed by atoms with Crippen molar-refractivity contribution in [1.29, 1.82) is 0 Å². The highest BCUT2D eigenvalue weighted by Gasteiger charge is 2.14. The molecule has 22 heavy (non-hydrogen) atoms. The van der Waals surface area contributed by atoms with E-state index >= 15 is 0 Å². The summed E-state index contributed by atoms with van der Waals surface area (Å²) < 4.78 is 26.4. The number of amides is 2. The van der Waals surface area contributed by atoms with E-state index in [1.807, 2.05) is 12.3 Å². The molecule has 0 aliphatic rings. The van der Waals surface area contributed by atoms with Crippen molar-refractivity contribution < 1.29 is 18.4 Å². The first kappa shape index (κ1) is 15.6. The zero-order chi connectivity index (χ0) is 16.1. The van der Waals surface area contributed by atoms with E-state index in [9.17, 15) is 18.4 Å². The fourth-order valence-corrected chi connectivity index (χ4v) is 1.82. The fraction of sp³-hybridized carbons (Fsp3) is 0.125. The summed E-state index contributed by atoms with van der Waals surface area (Å²) in [5.74, 6) is -3.10. The number of hydrogen-bond acceptors (Lipinski definition) is 2. The number of carbonyl (C=O) groups excluding carboxylic acids is 2. The minimum absolute atomic E-state index is 0.345. The number of nitrogens with one attached hydrogen (secondary N) is 2. The van der Waals surface area contributed by atoms with E-state index in [1.165, 1.54) is 0 Å². The van der Waals surface area contributed by atoms with Crippen molar-refractivity contribution in [3.63, 3.8) is 0 Å². The molecule has 0 bridgehead atoms. The molecule has 0 saturated carbocycles. The first-order valence-electron chi connectivity index (χ1n) is 6.66. The van der Waals surface area contributed by atoms with Gasteiger partial charge in [-0.1, -0.05) is 19.1 Å². The Bertz CT molecular complexity index is 700. The van der Waals surface area contributed by atoms with Crippen molar-refractivity contribution in [3.05, 3.63) is 70.8 Å². The molecule has 0 fully saturated rings. The van der Waals surface area contributed by atoms with Gasteiger partial charge in [0.25, 0.3) is 11.8 Å². The van der Waals surface area contributed by atoms with Crippen molar-refractivity contribution in [1.82, 2.24) is 10.9 Å². The van der Waals surface area contributed by atoms with Crippen LogP contribution in [-0.2, 0) is 6.42 Å². The van der Waals surface area contributed by atoms with E-state index in [2.05, 4.69) is 5.43 Å². The third-order valence-electron chi connectivity index (χ3n) is 3.09. The van der Waals surface area contributed by atoms with Crippen LogP contribution >= 0.6 is 0 Å². The Morgan fingerprint density at radius 3 is 2.23 bits per heavy atom. The van der Waals surface area contributed by atoms with E-state index < -0.39 is 29.0 Å². The minimum atomic E-state index is -0.935. The zero-order valence-electron chi connectivity index (χ0n) is 11.8. The van der Waals surface area contributed by atoms with Gasteiger partial charge in [-0.25, -0.2) is 8.78 Å². The van der Waals surface area contributed by atoms with Crippen molar-refractivity contribution >= 4 is 11.8 Å². The van der Waals surface area contributed by atoms with Gasteiger partial charge in [0.2, 0.25) is 0 Å². The van der Waals surface area contributed by atoms with E-state index in [0.717, 1.165) is 30.2 Å². The van der Waals surface area contributed by atoms with Crippen LogP contribution in [0.15, 0.2) is 42.5 Å². The van der Waals surface area contributed by atoms with Gasteiger partial charge in [0.15, 0.2) is 0 Å². The predicted molar refractivity (Wildman–Crippen MR) is 77.1 cm³/mol. The Kier molecular flexibility index (Phi) is 4.83. The van der Waals surface area contributed by atoms with E-state index in [-0.39, 0.29) is 0 Å². The molecule has 6 heteroatoms. The molecule has 0 unspecified atom stereocenters. The van der Waals surface area contributed by atoms with E-state index in [4.69, 9.17) is 0 Å². The minimum Gasteiger partial charge on any atom is -0.267 e. The van der Waals surface area contributed by atoms with Gasteiger partial charge < -0.3 is 0 Å². The second-order valence-corrected chi connectivity index (χ2v) is 4.58. The van der Waals surface area contributed by atoms with Crippen molar-refractivity contribution in [2.75, 3.05) is 0 Å². The van der Waals surface area contributed by atoms with Crippen LogP contribution < -0.4 is 10.9 Å². The summed E-state index contributed by atoms with van der Waals surface area (Å²) in [6.45, 7) is 1.99. The third-order valence-corrected chi connectivity index (χ3v) is 3.09. The number of hydrogen-bond donors (Lipinski definition) is 2. The normalized spacial score (nSPS) is 10.1. The molecular weight excluding hydrogens is 290 g/mol. The molecule has 0 heterocycles. The van der Waals surface area contributed by atoms with Crippen molar-refractivity contribution in [2.24, 2.45) is 0 Å². The maximum absolute atomic E-state index is 13.4. The van der Waals surface area contributed by atoms with Crippen LogP contribution in [0.4, 0.5) is 8.78 Å². The Hall–Kier alpha value is -2.76. The summed E-state index contributed by atoms with van der Waals surface area (Å²) in [4.78, 5) is 23.6. The molecule has 0 saturated heterocycles. The Balaban J connectivity index is 2.00. The number of carbonyl (C=O) groups is 2. The third kappa shape index (κ3) is 3.66. The quantitative estimate of drug-likeness (QED) is 0.856. The fourth-order valence-electron chi connectivity index (χ4n) is 1.82. The summed E-state index contributed by atoms with van der Waals surface area (Å²) in [5.41, 5.74) is 5.13. The molecule has 0 aromatic heterocycles. The van der Waals surface area contributed by atoms with Gasteiger partial charge in [0.05, 0.1) is 5.56 Å². The van der Waals surface area contributed by atoms with Crippen LogP contribution in [0.25, 0.3) is 0 Å². The average Bonchev–Trinajstić information content (AvgIpc) is 2.54. The first-order valence-corrected chi connectivity index (χ1v) is 6.66. The lowest BCUT2D eigenvalue weighted by molar-refractivity contribution is 0.0844. The van der Waals surface area contributed by atoms with Gasteiger partial charge in [0.1, 0.15) is 11.6 Å². The van der Waals surface area contributed by atoms with E-state index in [1.54, 1.807) is 24.3 Å². The highest BCUT2D eigenvalue weighted by atomic mass is 19.1. The van der Waals surface area contributed by atoms with Gasteiger partial charge in [-0.2, -0.15) is 0 Å². The standard InChI is InChI=1S/C16H14F2N2O2/c1-2-10-3-5-11(6-4-10)15(21)19-20-16(22)13-9-12(17)7-8-14(13)18/h3-9H,2H2,1H3,(H,19,21)(H,20,22). The molecule has 114 valence electrons. The first-order chi connectivity index (χ1) is 10.5. The van der Waals surface area contributed by atoms with Crippen molar-refractivity contribution in [3.8, 4) is 0 Å². The Morgan fingerprint density at radius 1 is 0.955 bits per heavy atom. The van der Waals surface area contributed by atoms with Crippen LogP contribution in [0.1, 0.15) is 33.2 Å². The lowest BCUT2D eigenvalue weighted by atomic mass is 10.1. The molecule has 2 aromatic carbocycles. The van der Waals surface area contributed by atoms with Crippen LogP contribution in [0.3, 0.4) is 0 Å². The Morgan fingerprint density at radius 2 is 1.59 bits per heavy atom. The second-order valence-electron chi connectivity index (χ2n) is 4.58. The largest absolute Gasteiger partial charge is 0.272 e. The van der Waals surface area contributed by atoms with Gasteiger partial charge in [-0.05, 0) is 42.3 Å². The monoisotopic (exact) mass is 304 g/mol. The molecule has 2 amide bonds. The smallest absolute Gasteiger partial charge is 0.267 e. The molecule has 0 spiro atoms. The number of halogens is 2. The van der Waals surface area contributed by atoms with E-state index in [0.29, 0.717) is 5.56 Å². The highest BCUT2D eigenvalue weighted by Crippen LogP contribution is 2.09. The summed E-state index contributed by atoms with van der Waals surface area (Å²) in [5, 5.41) is 0. The van der Waals surface area contributed by atoms with Crippen LogP contribution in [0, 0.1) is 11.6 Å². The summed E-state index contributed by atoms with van der Waals surface area (Å²) in [6.07, 6.45) is 0.845. The lowest BCUT2D eigenvalue weighted by Crippen LogP contribution is -2.42. The summed E-state index contributed by atoms with van der Waals surface area (Å²) in [6, 6.07) is 9.32. The van der Waals surface area contributed by atoms with Crippen LogP contribution in [0.2, 0.25) is 0 Å². The molecule has 0 aliphatic heterocycles. The molecule has 2 aromatic rings. The summed E-state index contributed by atoms with van der Waals surface area (Å²) >= 11 is 0. The van der Waals surface area contributed by atoms with Gasteiger partial charge in [-0.3, -0.25) is 20.4 Å². The lowest BCUT2D eigenvalue weighted by Gasteiger charge is -2.08. The number of rotatable bonds is 3. The zero-order valence-corrected chi connectivity index (χ0v) is 11.8. The average molecular weight is 304 g/mol. The number of hydrazine groups is 1. The molecule has 2 N–H and O–H groups in total. The van der Waals surface area contributed by atoms with Crippen molar-refractivity contribution in [2.45, 2.75) is 13.3 Å². The van der Waals surface area contributed by atoms with Gasteiger partial charge >= 0.3 is 0 Å². The molecule has 0 aliphatic carbocycles. The Labute approximate surface area is 126 Å². The number of aryl methyl sites for hydroxylation is 1. The SMILES string of the molecule is CCc1ccc(C(=O)NNC(=O)c2cc(F)ccc2F)cc1. The predicted octanol–water partition coefficient (Wildman–Crippen LogP) is 2.60.